The Labute approximate surface area is 121 Å². The van der Waals surface area contributed by atoms with E-state index in [-0.39, 0.29) is 18.0 Å². The number of fused-ring (bicyclic) bond motifs is 1. The number of rotatable bonds is 4. The van der Waals surface area contributed by atoms with Gasteiger partial charge in [-0.3, -0.25) is 9.89 Å². The molecule has 0 unspecified atom stereocenters. The number of hydrogen-bond acceptors (Lipinski definition) is 5. The summed E-state index contributed by atoms with van der Waals surface area (Å²) in [6.45, 7) is 2.19. The summed E-state index contributed by atoms with van der Waals surface area (Å²) in [5.74, 6) is 0.249. The molecule has 0 spiro atoms. The van der Waals surface area contributed by atoms with Crippen LogP contribution in [-0.2, 0) is 9.53 Å². The van der Waals surface area contributed by atoms with Crippen LogP contribution in [0.25, 0.3) is 10.9 Å². The summed E-state index contributed by atoms with van der Waals surface area (Å²) in [6, 6.07) is 5.66. The van der Waals surface area contributed by atoms with E-state index in [2.05, 4.69) is 16.3 Å². The molecule has 108 valence electrons. The first-order valence-electron chi connectivity index (χ1n) is 6.92. The van der Waals surface area contributed by atoms with Crippen molar-refractivity contribution in [2.24, 2.45) is 5.92 Å². The minimum Gasteiger partial charge on any atom is -0.487 e. The van der Waals surface area contributed by atoms with E-state index in [1.165, 1.54) is 0 Å². The summed E-state index contributed by atoms with van der Waals surface area (Å²) in [6.07, 6.45) is 2.86. The van der Waals surface area contributed by atoms with Gasteiger partial charge in [0.1, 0.15) is 17.7 Å². The lowest BCUT2D eigenvalue weighted by Crippen LogP contribution is -2.39. The molecule has 0 bridgehead atoms. The third-order valence-electron chi connectivity index (χ3n) is 3.69. The van der Waals surface area contributed by atoms with Crippen molar-refractivity contribution < 1.29 is 14.3 Å². The maximum atomic E-state index is 11.6. The molecule has 3 rings (SSSR count). The van der Waals surface area contributed by atoms with Crippen LogP contribution in [0.15, 0.2) is 18.3 Å². The van der Waals surface area contributed by atoms with E-state index in [1.807, 2.05) is 6.07 Å². The van der Waals surface area contributed by atoms with E-state index in [9.17, 15) is 10.1 Å². The first-order valence-corrected chi connectivity index (χ1v) is 6.92. The molecule has 0 amide bonds. The lowest BCUT2D eigenvalue weighted by molar-refractivity contribution is -0.154. The summed E-state index contributed by atoms with van der Waals surface area (Å²) >= 11 is 0. The monoisotopic (exact) mass is 285 g/mol. The topological polar surface area (TPSA) is 88.0 Å². The van der Waals surface area contributed by atoms with Gasteiger partial charge in [-0.05, 0) is 31.9 Å². The molecule has 1 N–H and O–H groups in total. The molecule has 1 heterocycles. The highest BCUT2D eigenvalue weighted by atomic mass is 16.5. The lowest BCUT2D eigenvalue weighted by Gasteiger charge is -2.33. The number of benzene rings is 1. The van der Waals surface area contributed by atoms with Gasteiger partial charge in [0.25, 0.3) is 0 Å². The van der Waals surface area contributed by atoms with Crippen LogP contribution >= 0.6 is 0 Å². The quantitative estimate of drug-likeness (QED) is 0.870. The largest absolute Gasteiger partial charge is 0.487 e. The number of H-pyrrole nitrogens is 1. The molecular weight excluding hydrogens is 270 g/mol. The van der Waals surface area contributed by atoms with Gasteiger partial charge in [0.15, 0.2) is 5.75 Å². The maximum Gasteiger partial charge on any atom is 0.309 e. The summed E-state index contributed by atoms with van der Waals surface area (Å²) < 4.78 is 10.9. The van der Waals surface area contributed by atoms with Gasteiger partial charge in [-0.2, -0.15) is 10.4 Å². The lowest BCUT2D eigenvalue weighted by atomic mass is 9.82. The summed E-state index contributed by atoms with van der Waals surface area (Å²) in [5, 5.41) is 16.9. The Morgan fingerprint density at radius 3 is 3.05 bits per heavy atom. The predicted molar refractivity (Wildman–Crippen MR) is 74.6 cm³/mol. The van der Waals surface area contributed by atoms with Crippen LogP contribution in [0.1, 0.15) is 25.3 Å². The zero-order chi connectivity index (χ0) is 14.8. The third-order valence-corrected chi connectivity index (χ3v) is 3.69. The van der Waals surface area contributed by atoms with E-state index in [0.717, 1.165) is 5.39 Å². The van der Waals surface area contributed by atoms with Gasteiger partial charge in [-0.1, -0.05) is 0 Å². The number of carbonyl (C=O) groups is 1. The van der Waals surface area contributed by atoms with E-state index in [1.54, 1.807) is 19.2 Å². The van der Waals surface area contributed by atoms with Crippen LogP contribution in [-0.4, -0.2) is 28.9 Å². The number of aromatic amines is 1. The highest BCUT2D eigenvalue weighted by molar-refractivity contribution is 5.86. The minimum absolute atomic E-state index is 0.0691. The minimum atomic E-state index is -0.169. The molecular formula is C15H15N3O3. The van der Waals surface area contributed by atoms with E-state index < -0.39 is 0 Å². The molecule has 0 atom stereocenters. The SMILES string of the molecule is CCOC(=O)C1CC(Oc2c(C#N)ccc3cn[nH]c23)C1. The Balaban J connectivity index is 1.74. The summed E-state index contributed by atoms with van der Waals surface area (Å²) in [7, 11) is 0. The van der Waals surface area contributed by atoms with Crippen molar-refractivity contribution in [1.82, 2.24) is 10.2 Å². The van der Waals surface area contributed by atoms with Gasteiger partial charge < -0.3 is 9.47 Å². The molecule has 0 saturated heterocycles. The molecule has 1 aliphatic carbocycles. The second kappa shape index (κ2) is 5.44. The van der Waals surface area contributed by atoms with Crippen LogP contribution in [0, 0.1) is 17.2 Å². The smallest absolute Gasteiger partial charge is 0.309 e. The van der Waals surface area contributed by atoms with Crippen molar-refractivity contribution in [2.75, 3.05) is 6.61 Å². The van der Waals surface area contributed by atoms with Crippen molar-refractivity contribution in [3.63, 3.8) is 0 Å². The van der Waals surface area contributed by atoms with Crippen LogP contribution in [0.5, 0.6) is 5.75 Å². The van der Waals surface area contributed by atoms with Crippen LogP contribution in [0.3, 0.4) is 0 Å². The molecule has 1 aromatic heterocycles. The molecule has 2 aromatic rings. The van der Waals surface area contributed by atoms with Crippen molar-refractivity contribution in [3.05, 3.63) is 23.9 Å². The van der Waals surface area contributed by atoms with E-state index in [0.29, 0.717) is 36.3 Å². The zero-order valence-electron chi connectivity index (χ0n) is 11.6. The number of aromatic nitrogens is 2. The number of esters is 1. The standard InChI is InChI=1S/C15H15N3O3/c1-2-20-15(19)11-5-12(6-11)21-14-9(7-16)3-4-10-8-17-18-13(10)14/h3-4,8,11-12H,2,5-6H2,1H3,(H,17,18). The Bertz CT molecular complexity index is 711. The maximum absolute atomic E-state index is 11.6. The number of nitrogens with zero attached hydrogens (tertiary/aromatic N) is 2. The molecule has 1 aromatic carbocycles. The second-order valence-corrected chi connectivity index (χ2v) is 5.05. The summed E-state index contributed by atoms with van der Waals surface area (Å²) in [4.78, 5) is 11.6. The molecule has 1 fully saturated rings. The molecule has 0 radical (unpaired) electrons. The average Bonchev–Trinajstić information content (AvgIpc) is 2.90. The van der Waals surface area contributed by atoms with Crippen molar-refractivity contribution in [3.8, 4) is 11.8 Å². The molecule has 1 saturated carbocycles. The van der Waals surface area contributed by atoms with Crippen LogP contribution < -0.4 is 4.74 Å². The second-order valence-electron chi connectivity index (χ2n) is 5.05. The number of carbonyl (C=O) groups excluding carboxylic acids is 1. The van der Waals surface area contributed by atoms with Gasteiger partial charge in [0.2, 0.25) is 0 Å². The summed E-state index contributed by atoms with van der Waals surface area (Å²) in [5.41, 5.74) is 1.18. The number of hydrogen-bond donors (Lipinski definition) is 1. The van der Waals surface area contributed by atoms with E-state index in [4.69, 9.17) is 9.47 Å². The third kappa shape index (κ3) is 2.42. The van der Waals surface area contributed by atoms with Crippen molar-refractivity contribution >= 4 is 16.9 Å². The van der Waals surface area contributed by atoms with Gasteiger partial charge in [0, 0.05) is 5.39 Å². The Morgan fingerprint density at radius 1 is 1.52 bits per heavy atom. The fourth-order valence-electron chi connectivity index (χ4n) is 2.48. The Hall–Kier alpha value is -2.55. The molecule has 6 heteroatoms. The number of nitriles is 1. The predicted octanol–water partition coefficient (Wildman–Crippen LogP) is 2.16. The van der Waals surface area contributed by atoms with Gasteiger partial charge in [-0.25, -0.2) is 0 Å². The Kier molecular flexibility index (Phi) is 3.48. The highest BCUT2D eigenvalue weighted by Gasteiger charge is 2.37. The zero-order valence-corrected chi connectivity index (χ0v) is 11.6. The number of nitrogens with one attached hydrogen (secondary N) is 1. The average molecular weight is 285 g/mol. The van der Waals surface area contributed by atoms with Gasteiger partial charge in [-0.15, -0.1) is 0 Å². The Morgan fingerprint density at radius 2 is 2.33 bits per heavy atom. The molecule has 21 heavy (non-hydrogen) atoms. The van der Waals surface area contributed by atoms with Gasteiger partial charge >= 0.3 is 5.97 Å². The fourth-order valence-corrected chi connectivity index (χ4v) is 2.48. The first kappa shape index (κ1) is 13.4. The molecule has 6 nitrogen and oxygen atoms in total. The molecule has 1 aliphatic rings. The van der Waals surface area contributed by atoms with Crippen molar-refractivity contribution in [1.29, 1.82) is 5.26 Å². The highest BCUT2D eigenvalue weighted by Crippen LogP contribution is 2.36. The number of ether oxygens (including phenoxy) is 2. The van der Waals surface area contributed by atoms with E-state index >= 15 is 0 Å². The first-order chi connectivity index (χ1) is 10.2. The van der Waals surface area contributed by atoms with Crippen molar-refractivity contribution in [2.45, 2.75) is 25.9 Å². The van der Waals surface area contributed by atoms with Gasteiger partial charge in [0.05, 0.1) is 24.3 Å². The molecule has 0 aliphatic heterocycles. The van der Waals surface area contributed by atoms with Crippen LogP contribution in [0.2, 0.25) is 0 Å². The fraction of sp³-hybridized carbons (Fsp3) is 0.400. The normalized spacial score (nSPS) is 20.6. The van der Waals surface area contributed by atoms with Crippen LogP contribution in [0.4, 0.5) is 0 Å².